The van der Waals surface area contributed by atoms with Gasteiger partial charge in [0.2, 0.25) is 5.91 Å². The number of carbonyl (C=O) groups is 3. The van der Waals surface area contributed by atoms with Gasteiger partial charge in [-0.1, -0.05) is 12.1 Å². The van der Waals surface area contributed by atoms with Crippen molar-refractivity contribution in [1.29, 1.82) is 0 Å². The van der Waals surface area contributed by atoms with Crippen LogP contribution < -0.4 is 10.2 Å². The van der Waals surface area contributed by atoms with E-state index in [1.807, 2.05) is 19.9 Å². The number of aryl methyl sites for hydroxylation is 2. The molecule has 0 saturated carbocycles. The van der Waals surface area contributed by atoms with Gasteiger partial charge < -0.3 is 10.1 Å². The Balaban J connectivity index is 1.60. The number of aromatic nitrogens is 4. The summed E-state index contributed by atoms with van der Waals surface area (Å²) in [7, 11) is 0. The summed E-state index contributed by atoms with van der Waals surface area (Å²) in [6.45, 7) is 8.35. The molecule has 31 heavy (non-hydrogen) atoms. The number of nitrogens with one attached hydrogen (secondary N) is 1. The van der Waals surface area contributed by atoms with E-state index in [-0.39, 0.29) is 17.5 Å². The minimum Gasteiger partial charge on any atom is -0.447 e. The molecule has 0 bridgehead atoms. The fourth-order valence-electron chi connectivity index (χ4n) is 3.54. The highest BCUT2D eigenvalue weighted by Gasteiger charge is 2.45. The summed E-state index contributed by atoms with van der Waals surface area (Å²) < 4.78 is 6.80. The van der Waals surface area contributed by atoms with Gasteiger partial charge in [0.05, 0.1) is 11.4 Å². The van der Waals surface area contributed by atoms with Gasteiger partial charge in [-0.25, -0.2) is 14.3 Å². The number of anilines is 2. The summed E-state index contributed by atoms with van der Waals surface area (Å²) in [5, 5.41) is 6.93. The van der Waals surface area contributed by atoms with E-state index in [0.29, 0.717) is 11.4 Å². The van der Waals surface area contributed by atoms with Crippen LogP contribution in [0.5, 0.6) is 0 Å². The first-order chi connectivity index (χ1) is 14.6. The Morgan fingerprint density at radius 3 is 2.61 bits per heavy atom. The number of rotatable bonds is 3. The van der Waals surface area contributed by atoms with Gasteiger partial charge in [-0.3, -0.25) is 14.5 Å². The second kappa shape index (κ2) is 7.15. The van der Waals surface area contributed by atoms with Crippen molar-refractivity contribution >= 4 is 34.9 Å². The molecule has 0 radical (unpaired) electrons. The van der Waals surface area contributed by atoms with Gasteiger partial charge in [0.25, 0.3) is 17.5 Å². The van der Waals surface area contributed by atoms with E-state index in [1.165, 1.54) is 16.3 Å². The molecule has 3 aromatic rings. The summed E-state index contributed by atoms with van der Waals surface area (Å²) in [4.78, 5) is 48.2. The maximum atomic E-state index is 13.3. The Morgan fingerprint density at radius 1 is 1.16 bits per heavy atom. The van der Waals surface area contributed by atoms with Gasteiger partial charge in [0.1, 0.15) is 5.54 Å². The van der Waals surface area contributed by atoms with Crippen LogP contribution in [0.3, 0.4) is 0 Å². The van der Waals surface area contributed by atoms with Crippen molar-refractivity contribution in [2.45, 2.75) is 46.3 Å². The predicted molar refractivity (Wildman–Crippen MR) is 112 cm³/mol. The highest BCUT2D eigenvalue weighted by molar-refractivity contribution is 6.15. The number of nitrogens with zero attached hydrogens (tertiary/aromatic N) is 5. The molecule has 0 saturated heterocycles. The molecule has 3 heterocycles. The first-order valence-corrected chi connectivity index (χ1v) is 9.76. The lowest BCUT2D eigenvalue weighted by atomic mass is 9.95. The first-order valence-electron chi connectivity index (χ1n) is 9.76. The van der Waals surface area contributed by atoms with Crippen LogP contribution in [-0.2, 0) is 14.3 Å². The highest BCUT2D eigenvalue weighted by atomic mass is 16.5. The summed E-state index contributed by atoms with van der Waals surface area (Å²) in [5.41, 5.74) is 1.37. The van der Waals surface area contributed by atoms with Crippen LogP contribution in [0.1, 0.15) is 42.8 Å². The van der Waals surface area contributed by atoms with Gasteiger partial charge in [0.15, 0.2) is 6.10 Å². The number of hydrogen-bond acceptors (Lipinski definition) is 7. The molecule has 4 rings (SSSR count). The lowest BCUT2D eigenvalue weighted by Crippen LogP contribution is -2.60. The third-order valence-electron chi connectivity index (χ3n) is 5.16. The fourth-order valence-corrected chi connectivity index (χ4v) is 3.54. The summed E-state index contributed by atoms with van der Waals surface area (Å²) in [6.07, 6.45) is -1.17. The van der Waals surface area contributed by atoms with E-state index in [1.54, 1.807) is 38.1 Å². The van der Waals surface area contributed by atoms with Crippen molar-refractivity contribution in [3.05, 3.63) is 47.5 Å². The van der Waals surface area contributed by atoms with Gasteiger partial charge in [0, 0.05) is 11.4 Å². The average Bonchev–Trinajstić information content (AvgIpc) is 3.13. The Kier molecular flexibility index (Phi) is 4.72. The second-order valence-corrected chi connectivity index (χ2v) is 7.94. The van der Waals surface area contributed by atoms with Crippen LogP contribution >= 0.6 is 0 Å². The minimum atomic E-state index is -1.17. The van der Waals surface area contributed by atoms with Crippen LogP contribution in [0.2, 0.25) is 0 Å². The van der Waals surface area contributed by atoms with Crippen LogP contribution in [0.4, 0.5) is 11.4 Å². The Hall–Kier alpha value is -3.82. The molecule has 160 valence electrons. The van der Waals surface area contributed by atoms with Crippen molar-refractivity contribution in [2.24, 2.45) is 0 Å². The van der Waals surface area contributed by atoms with Gasteiger partial charge in [-0.15, -0.1) is 5.10 Å². The second-order valence-electron chi connectivity index (χ2n) is 7.94. The number of hydrogen-bond donors (Lipinski definition) is 1. The molecule has 10 nitrogen and oxygen atoms in total. The monoisotopic (exact) mass is 422 g/mol. The van der Waals surface area contributed by atoms with E-state index in [0.717, 1.165) is 11.4 Å². The summed E-state index contributed by atoms with van der Waals surface area (Å²) in [5.74, 6) is -1.65. The molecule has 2 amide bonds. The van der Waals surface area contributed by atoms with E-state index < -0.39 is 23.5 Å². The minimum absolute atomic E-state index is 0.197. The lowest BCUT2D eigenvalue weighted by Gasteiger charge is -2.42. The summed E-state index contributed by atoms with van der Waals surface area (Å²) >= 11 is 0. The van der Waals surface area contributed by atoms with Crippen LogP contribution in [0.15, 0.2) is 30.3 Å². The van der Waals surface area contributed by atoms with Crippen molar-refractivity contribution in [3.8, 4) is 0 Å². The average molecular weight is 422 g/mol. The number of carbonyl (C=O) groups excluding carboxylic acids is 3. The fraction of sp³-hybridized carbons (Fsp3) is 0.333. The molecule has 0 spiro atoms. The van der Waals surface area contributed by atoms with Crippen molar-refractivity contribution < 1.29 is 19.1 Å². The topological polar surface area (TPSA) is 119 Å². The SMILES string of the molecule is Cc1cc(C)n2nc(C(=O)OC(C)C(=O)N3c4ccccc4NC(=O)C3(C)C)nc2n1. The van der Waals surface area contributed by atoms with E-state index >= 15 is 0 Å². The molecular weight excluding hydrogens is 400 g/mol. The number of esters is 1. The van der Waals surface area contributed by atoms with Crippen molar-refractivity contribution in [3.63, 3.8) is 0 Å². The maximum Gasteiger partial charge on any atom is 0.379 e. The standard InChI is InChI=1S/C21H22N6O4/c1-11-10-12(2)27-20(22-11)24-16(25-27)18(29)31-13(3)17(28)26-15-9-7-6-8-14(15)23-19(30)21(26,4)5/h6-10,13H,1-5H3,(H,23,30). The zero-order valence-electron chi connectivity index (χ0n) is 17.8. The number of amides is 2. The van der Waals surface area contributed by atoms with Gasteiger partial charge >= 0.3 is 5.97 Å². The molecule has 1 unspecified atom stereocenters. The predicted octanol–water partition coefficient (Wildman–Crippen LogP) is 2.05. The maximum absolute atomic E-state index is 13.3. The molecule has 1 aliphatic rings. The number of fused-ring (bicyclic) bond motifs is 2. The lowest BCUT2D eigenvalue weighted by molar-refractivity contribution is -0.131. The molecule has 1 aromatic carbocycles. The zero-order chi connectivity index (χ0) is 22.5. The molecule has 1 aliphatic heterocycles. The van der Waals surface area contributed by atoms with Gasteiger partial charge in [-0.2, -0.15) is 4.98 Å². The van der Waals surface area contributed by atoms with Crippen molar-refractivity contribution in [1.82, 2.24) is 19.6 Å². The number of benzene rings is 1. The van der Waals surface area contributed by atoms with E-state index in [9.17, 15) is 14.4 Å². The van der Waals surface area contributed by atoms with E-state index in [2.05, 4.69) is 20.4 Å². The molecule has 0 aliphatic carbocycles. The first kappa shape index (κ1) is 20.5. The quantitative estimate of drug-likeness (QED) is 0.642. The molecule has 2 aromatic heterocycles. The Labute approximate surface area is 178 Å². The molecule has 10 heteroatoms. The van der Waals surface area contributed by atoms with Crippen LogP contribution in [-0.4, -0.2) is 49.0 Å². The third-order valence-corrected chi connectivity index (χ3v) is 5.16. The molecular formula is C21H22N6O4. The molecule has 1 N–H and O–H groups in total. The zero-order valence-corrected chi connectivity index (χ0v) is 17.8. The number of para-hydroxylation sites is 2. The van der Waals surface area contributed by atoms with Crippen LogP contribution in [0, 0.1) is 13.8 Å². The van der Waals surface area contributed by atoms with E-state index in [4.69, 9.17) is 4.74 Å². The normalized spacial score (nSPS) is 15.9. The highest BCUT2D eigenvalue weighted by Crippen LogP contribution is 2.37. The Morgan fingerprint density at radius 2 is 1.87 bits per heavy atom. The van der Waals surface area contributed by atoms with Crippen molar-refractivity contribution in [2.75, 3.05) is 10.2 Å². The smallest absolute Gasteiger partial charge is 0.379 e. The molecule has 0 fully saturated rings. The van der Waals surface area contributed by atoms with Crippen LogP contribution in [0.25, 0.3) is 5.78 Å². The Bertz CT molecular complexity index is 1230. The summed E-state index contributed by atoms with van der Waals surface area (Å²) in [6, 6.07) is 8.77. The molecule has 1 atom stereocenters. The third kappa shape index (κ3) is 3.39. The number of ether oxygens (including phenoxy) is 1. The largest absolute Gasteiger partial charge is 0.447 e. The van der Waals surface area contributed by atoms with Gasteiger partial charge in [-0.05, 0) is 52.8 Å².